The van der Waals surface area contributed by atoms with E-state index in [1.165, 1.54) is 13.3 Å². The second kappa shape index (κ2) is 10.9. The van der Waals surface area contributed by atoms with Crippen LogP contribution in [0.15, 0.2) is 54.7 Å². The number of hydroxylamine groups is 1. The zero-order valence-electron chi connectivity index (χ0n) is 20.3. The number of carbonyl (C=O) groups is 1. The molecule has 0 radical (unpaired) electrons. The molecule has 0 unspecified atom stereocenters. The normalized spacial score (nSPS) is 14.4. The van der Waals surface area contributed by atoms with Crippen LogP contribution in [0, 0.1) is 0 Å². The molecule has 196 valence electrons. The number of nitrogens with one attached hydrogen (secondary N) is 3. The van der Waals surface area contributed by atoms with Crippen LogP contribution in [-0.4, -0.2) is 35.3 Å². The molecule has 1 aromatic heterocycles. The Balaban J connectivity index is 1.52. The third-order valence-corrected chi connectivity index (χ3v) is 7.41. The molecule has 1 amide bonds. The lowest BCUT2D eigenvalue weighted by atomic mass is 10.2. The van der Waals surface area contributed by atoms with Crippen LogP contribution >= 0.6 is 7.14 Å². The molecular weight excluding hydrogens is 506 g/mol. The van der Waals surface area contributed by atoms with Gasteiger partial charge in [-0.15, -0.1) is 0 Å². The molecule has 12 heteroatoms. The van der Waals surface area contributed by atoms with Crippen LogP contribution in [-0.2, 0) is 15.6 Å². The number of nitrogens with zero attached hydrogens (tertiary/aromatic N) is 2. The van der Waals surface area contributed by atoms with E-state index in [0.29, 0.717) is 22.8 Å². The van der Waals surface area contributed by atoms with Crippen molar-refractivity contribution in [3.8, 4) is 0 Å². The van der Waals surface area contributed by atoms with Crippen molar-refractivity contribution in [2.45, 2.75) is 38.0 Å². The monoisotopic (exact) mass is 533 g/mol. The Labute approximate surface area is 212 Å². The minimum absolute atomic E-state index is 0.0260. The molecule has 0 atom stereocenters. The zero-order chi connectivity index (χ0) is 26.6. The fraction of sp³-hybridized carbons (Fsp3) is 0.320. The van der Waals surface area contributed by atoms with Crippen LogP contribution in [0.5, 0.6) is 0 Å². The molecule has 0 saturated heterocycles. The summed E-state index contributed by atoms with van der Waals surface area (Å²) in [6.07, 6.45) is -0.0290. The molecule has 2 aromatic carbocycles. The van der Waals surface area contributed by atoms with E-state index in [0.717, 1.165) is 25.7 Å². The highest BCUT2D eigenvalue weighted by Crippen LogP contribution is 2.40. The van der Waals surface area contributed by atoms with Crippen molar-refractivity contribution < 1.29 is 27.4 Å². The van der Waals surface area contributed by atoms with Crippen LogP contribution in [0.4, 0.5) is 36.3 Å². The van der Waals surface area contributed by atoms with E-state index in [1.807, 2.05) is 0 Å². The van der Waals surface area contributed by atoms with Gasteiger partial charge in [-0.05, 0) is 62.6 Å². The molecule has 0 spiro atoms. The molecule has 8 nitrogen and oxygen atoms in total. The van der Waals surface area contributed by atoms with Crippen LogP contribution < -0.4 is 21.4 Å². The second-order valence-electron chi connectivity index (χ2n) is 9.10. The number of anilines is 4. The highest BCUT2D eigenvalue weighted by Gasteiger charge is 2.35. The summed E-state index contributed by atoms with van der Waals surface area (Å²) in [5, 5.41) is 5.95. The quantitative estimate of drug-likeness (QED) is 0.247. The number of alkyl halides is 3. The van der Waals surface area contributed by atoms with Gasteiger partial charge in [0.15, 0.2) is 0 Å². The summed E-state index contributed by atoms with van der Waals surface area (Å²) >= 11 is 0. The molecule has 1 aliphatic rings. The van der Waals surface area contributed by atoms with Gasteiger partial charge in [-0.1, -0.05) is 25.0 Å². The zero-order valence-corrected chi connectivity index (χ0v) is 21.2. The summed E-state index contributed by atoms with van der Waals surface area (Å²) < 4.78 is 53.7. The summed E-state index contributed by atoms with van der Waals surface area (Å²) in [5.74, 6) is -0.963. The number of para-hydroxylation sites is 1. The average Bonchev–Trinajstić information content (AvgIpc) is 3.36. The van der Waals surface area contributed by atoms with Gasteiger partial charge < -0.3 is 15.2 Å². The van der Waals surface area contributed by atoms with Gasteiger partial charge >= 0.3 is 6.18 Å². The van der Waals surface area contributed by atoms with Crippen molar-refractivity contribution in [3.63, 3.8) is 0 Å². The van der Waals surface area contributed by atoms with Crippen LogP contribution in [0.1, 0.15) is 41.6 Å². The highest BCUT2D eigenvalue weighted by molar-refractivity contribution is 7.70. The largest absolute Gasteiger partial charge is 0.421 e. The number of rotatable bonds is 8. The minimum atomic E-state index is -4.71. The SMILES string of the molecule is CP(C)(=O)c1ccccc1Nc1nc(Nc2ccc(C(=O)NOC3CCCC3)cc2)ncc1C(F)(F)F. The fourth-order valence-electron chi connectivity index (χ4n) is 3.96. The van der Waals surface area contributed by atoms with Crippen LogP contribution in [0.25, 0.3) is 0 Å². The number of carbonyl (C=O) groups excluding carboxylic acids is 1. The number of amides is 1. The Morgan fingerprint density at radius 2 is 1.70 bits per heavy atom. The van der Waals surface area contributed by atoms with Gasteiger partial charge in [-0.25, -0.2) is 10.5 Å². The minimum Gasteiger partial charge on any atom is -0.339 e. The van der Waals surface area contributed by atoms with E-state index in [2.05, 4.69) is 26.1 Å². The molecule has 1 saturated carbocycles. The van der Waals surface area contributed by atoms with Crippen molar-refractivity contribution >= 4 is 41.5 Å². The average molecular weight is 533 g/mol. The molecule has 3 N–H and O–H groups in total. The summed E-state index contributed by atoms with van der Waals surface area (Å²) in [4.78, 5) is 25.6. The molecule has 37 heavy (non-hydrogen) atoms. The molecule has 1 aliphatic carbocycles. The molecular formula is C25H27F3N5O3P. The first-order chi connectivity index (χ1) is 17.5. The van der Waals surface area contributed by atoms with E-state index in [-0.39, 0.29) is 17.7 Å². The van der Waals surface area contributed by atoms with E-state index >= 15 is 0 Å². The third kappa shape index (κ3) is 6.87. The Morgan fingerprint density at radius 3 is 2.35 bits per heavy atom. The first-order valence-electron chi connectivity index (χ1n) is 11.7. The summed E-state index contributed by atoms with van der Waals surface area (Å²) in [6, 6.07) is 12.7. The van der Waals surface area contributed by atoms with E-state index in [1.54, 1.807) is 48.5 Å². The summed E-state index contributed by atoms with van der Waals surface area (Å²) in [5.41, 5.74) is 2.48. The number of hydrogen-bond donors (Lipinski definition) is 3. The lowest BCUT2D eigenvalue weighted by Gasteiger charge is -2.18. The number of halogens is 3. The van der Waals surface area contributed by atoms with Crippen LogP contribution in [0.2, 0.25) is 0 Å². The van der Waals surface area contributed by atoms with Gasteiger partial charge in [0.05, 0.1) is 11.8 Å². The van der Waals surface area contributed by atoms with Crippen molar-refractivity contribution in [2.75, 3.05) is 24.0 Å². The van der Waals surface area contributed by atoms with Crippen molar-refractivity contribution in [3.05, 3.63) is 65.9 Å². The molecule has 0 bridgehead atoms. The molecule has 4 rings (SSSR count). The number of hydrogen-bond acceptors (Lipinski definition) is 7. The third-order valence-electron chi connectivity index (χ3n) is 5.86. The molecule has 1 heterocycles. The fourth-order valence-corrected chi connectivity index (χ4v) is 5.11. The number of aromatic nitrogens is 2. The maximum atomic E-state index is 13.7. The molecule has 0 aliphatic heterocycles. The van der Waals surface area contributed by atoms with Crippen molar-refractivity contribution in [2.24, 2.45) is 0 Å². The molecule has 3 aromatic rings. The first-order valence-corrected chi connectivity index (χ1v) is 14.3. The van der Waals surface area contributed by atoms with Gasteiger partial charge in [-0.3, -0.25) is 9.63 Å². The Morgan fingerprint density at radius 1 is 1.03 bits per heavy atom. The first kappa shape index (κ1) is 26.6. The van der Waals surface area contributed by atoms with E-state index < -0.39 is 30.6 Å². The van der Waals surface area contributed by atoms with E-state index in [4.69, 9.17) is 4.84 Å². The van der Waals surface area contributed by atoms with Gasteiger partial charge in [0.2, 0.25) is 5.95 Å². The second-order valence-corrected chi connectivity index (χ2v) is 12.3. The van der Waals surface area contributed by atoms with Gasteiger partial charge in [0.25, 0.3) is 5.91 Å². The van der Waals surface area contributed by atoms with Crippen molar-refractivity contribution in [1.29, 1.82) is 0 Å². The summed E-state index contributed by atoms with van der Waals surface area (Å²) in [7, 11) is -2.78. The Bertz CT molecular complexity index is 1310. The molecule has 1 fully saturated rings. The summed E-state index contributed by atoms with van der Waals surface area (Å²) in [6.45, 7) is 3.08. The Kier molecular flexibility index (Phi) is 7.85. The predicted molar refractivity (Wildman–Crippen MR) is 136 cm³/mol. The van der Waals surface area contributed by atoms with E-state index in [9.17, 15) is 22.5 Å². The maximum absolute atomic E-state index is 13.7. The predicted octanol–water partition coefficient (Wildman–Crippen LogP) is 5.83. The maximum Gasteiger partial charge on any atom is 0.421 e. The lowest BCUT2D eigenvalue weighted by Crippen LogP contribution is -2.28. The van der Waals surface area contributed by atoms with Gasteiger partial charge in [0, 0.05) is 22.8 Å². The number of benzene rings is 2. The highest BCUT2D eigenvalue weighted by atomic mass is 31.2. The van der Waals surface area contributed by atoms with Crippen molar-refractivity contribution in [1.82, 2.24) is 15.4 Å². The van der Waals surface area contributed by atoms with Gasteiger partial charge in [0.1, 0.15) is 18.5 Å². The standard InChI is InChI=1S/C25H27F3N5O3P/c1-37(2,35)21-10-6-5-9-20(21)31-22-19(25(26,27)28)15-29-24(32-22)30-17-13-11-16(12-14-17)23(34)33-36-18-7-3-4-8-18/h5-6,9-15,18H,3-4,7-8H2,1-2H3,(H,33,34)(H2,29,30,31,32). The van der Waals surface area contributed by atoms with Crippen LogP contribution in [0.3, 0.4) is 0 Å². The van der Waals surface area contributed by atoms with Gasteiger partial charge in [-0.2, -0.15) is 18.2 Å². The smallest absolute Gasteiger partial charge is 0.339 e. The topological polar surface area (TPSA) is 105 Å². The lowest BCUT2D eigenvalue weighted by molar-refractivity contribution is -0.137. The Hall–Kier alpha value is -3.43.